The lowest BCUT2D eigenvalue weighted by atomic mass is 9.76. The van der Waals surface area contributed by atoms with Gasteiger partial charge >= 0.3 is 0 Å². The van der Waals surface area contributed by atoms with Crippen LogP contribution in [-0.4, -0.2) is 43.8 Å². The second kappa shape index (κ2) is 12.0. The number of benzene rings is 2. The molecule has 2 aliphatic heterocycles. The van der Waals surface area contributed by atoms with Gasteiger partial charge in [-0.2, -0.15) is 0 Å². The topological polar surface area (TPSA) is 120 Å². The van der Waals surface area contributed by atoms with Gasteiger partial charge in [-0.15, -0.1) is 0 Å². The minimum Gasteiger partial charge on any atom is -0.351 e. The van der Waals surface area contributed by atoms with Gasteiger partial charge in [-0.25, -0.2) is 13.1 Å². The van der Waals surface area contributed by atoms with Crippen molar-refractivity contribution in [3.05, 3.63) is 93.2 Å². The van der Waals surface area contributed by atoms with Gasteiger partial charge in [0.05, 0.1) is 12.0 Å². The molecule has 2 amide bonds. The van der Waals surface area contributed by atoms with E-state index in [1.165, 1.54) is 0 Å². The van der Waals surface area contributed by atoms with E-state index in [-0.39, 0.29) is 18.4 Å². The Labute approximate surface area is 238 Å². The van der Waals surface area contributed by atoms with Crippen LogP contribution in [0.1, 0.15) is 59.1 Å². The molecule has 39 heavy (non-hydrogen) atoms. The van der Waals surface area contributed by atoms with Crippen molar-refractivity contribution in [2.24, 2.45) is 0 Å². The van der Waals surface area contributed by atoms with Crippen molar-refractivity contribution in [3.8, 4) is 0 Å². The third-order valence-electron chi connectivity index (χ3n) is 7.49. The molecule has 2 heterocycles. The highest BCUT2D eigenvalue weighted by atomic mass is 35.5. The molecule has 0 aromatic heterocycles. The first kappa shape index (κ1) is 27.5. The third kappa shape index (κ3) is 5.79. The van der Waals surface area contributed by atoms with Gasteiger partial charge in [0.2, 0.25) is 16.8 Å². The number of nitrogens with one attached hydrogen (secondary N) is 4. The molecule has 0 spiro atoms. The Hall–Kier alpha value is -3.05. The van der Waals surface area contributed by atoms with Crippen molar-refractivity contribution in [3.63, 3.8) is 0 Å². The van der Waals surface area contributed by atoms with Crippen LogP contribution in [0.15, 0.2) is 66.5 Å². The van der Waals surface area contributed by atoms with Crippen LogP contribution in [0.2, 0.25) is 10.0 Å². The molecule has 3 aliphatic rings. The van der Waals surface area contributed by atoms with Crippen LogP contribution in [-0.2, 0) is 15.7 Å². The van der Waals surface area contributed by atoms with Gasteiger partial charge in [0.15, 0.2) is 0 Å². The fraction of sp³-hybridized carbons (Fsp3) is 0.333. The summed E-state index contributed by atoms with van der Waals surface area (Å²) in [6.07, 6.45) is 8.14. The number of rotatable bonds is 7. The maximum absolute atomic E-state index is 14.2. The summed E-state index contributed by atoms with van der Waals surface area (Å²) in [5, 5.41) is 3.78. The van der Waals surface area contributed by atoms with Crippen LogP contribution in [0.25, 0.3) is 0 Å². The zero-order valence-electron chi connectivity index (χ0n) is 20.9. The number of hydrogen-bond acceptors (Lipinski definition) is 6. The Bertz CT molecular complexity index is 1400. The molecule has 206 valence electrons. The summed E-state index contributed by atoms with van der Waals surface area (Å²) in [6.45, 7) is 0.266. The van der Waals surface area contributed by atoms with Crippen molar-refractivity contribution in [1.82, 2.24) is 25.8 Å². The fourth-order valence-electron chi connectivity index (χ4n) is 5.79. The minimum atomic E-state index is -2.89. The van der Waals surface area contributed by atoms with Crippen LogP contribution < -0.4 is 20.9 Å². The molecular weight excluding hydrogens is 561 g/mol. The zero-order chi connectivity index (χ0) is 27.5. The molecule has 1 fully saturated rings. The molecule has 4 N–H and O–H groups in total. The summed E-state index contributed by atoms with van der Waals surface area (Å²) in [6, 6.07) is 10.4. The number of carbonyl (C=O) groups is 2. The molecule has 2 aromatic rings. The summed E-state index contributed by atoms with van der Waals surface area (Å²) in [5.41, 5.74) is 8.17. The summed E-state index contributed by atoms with van der Waals surface area (Å²) >= 11 is 13.0. The molecule has 2 aromatic carbocycles. The Morgan fingerprint density at radius 2 is 1.85 bits per heavy atom. The van der Waals surface area contributed by atoms with Gasteiger partial charge in [-0.05, 0) is 53.8 Å². The number of halogens is 2. The molecule has 1 aliphatic carbocycles. The van der Waals surface area contributed by atoms with Gasteiger partial charge in [-0.1, -0.05) is 60.3 Å². The molecule has 0 saturated heterocycles. The van der Waals surface area contributed by atoms with Crippen molar-refractivity contribution < 1.29 is 18.0 Å². The van der Waals surface area contributed by atoms with E-state index in [0.717, 1.165) is 18.4 Å². The van der Waals surface area contributed by atoms with Crippen molar-refractivity contribution >= 4 is 45.9 Å². The number of hydrazine groups is 1. The minimum absolute atomic E-state index is 0.265. The van der Waals surface area contributed by atoms with Crippen LogP contribution in [0.3, 0.4) is 0 Å². The molecular formula is C27H29Cl2N5O4S. The molecule has 0 radical (unpaired) electrons. The molecule has 0 bridgehead atoms. The van der Waals surface area contributed by atoms with Gasteiger partial charge in [0, 0.05) is 46.6 Å². The van der Waals surface area contributed by atoms with E-state index < -0.39 is 34.9 Å². The van der Waals surface area contributed by atoms with Crippen molar-refractivity contribution in [2.75, 3.05) is 6.54 Å². The first-order valence-electron chi connectivity index (χ1n) is 12.8. The largest absolute Gasteiger partial charge is 0.351 e. The summed E-state index contributed by atoms with van der Waals surface area (Å²) in [7, 11) is -2.89. The number of fused-ring (bicyclic) bond motifs is 1. The lowest BCUT2D eigenvalue weighted by molar-refractivity contribution is -0.124. The standard InChI is InChI=1S/C27H29Cl2N5O4S/c28-17-9-10-20(21(29)13-17)25-24(26(35)30-14-16-11-12-31-32-15-16)18-5-1-2-6-19(18)27(36)34(25)23-8-4-3-7-22(23)33-39(37)38/h1-2,5-6,9-13,15,22-25,31-32,39H,3-4,7-8,14H2,(H,30,35)(H,33,37,38)/t22-,23-,24+,25-/m0/s1. The summed E-state index contributed by atoms with van der Waals surface area (Å²) in [5.74, 6) is -1.35. The molecule has 4 atom stereocenters. The van der Waals surface area contributed by atoms with Gasteiger partial charge in [0.1, 0.15) is 0 Å². The number of amides is 2. The van der Waals surface area contributed by atoms with Crippen molar-refractivity contribution in [2.45, 2.75) is 49.7 Å². The highest BCUT2D eigenvalue weighted by Gasteiger charge is 2.49. The third-order valence-corrected chi connectivity index (χ3v) is 8.59. The highest BCUT2D eigenvalue weighted by molar-refractivity contribution is 7.70. The van der Waals surface area contributed by atoms with Gasteiger partial charge < -0.3 is 21.1 Å². The van der Waals surface area contributed by atoms with Gasteiger partial charge in [-0.3, -0.25) is 9.59 Å². The highest BCUT2D eigenvalue weighted by Crippen LogP contribution is 2.47. The van der Waals surface area contributed by atoms with Gasteiger partial charge in [0.25, 0.3) is 5.91 Å². The average Bonchev–Trinajstić information content (AvgIpc) is 2.93. The summed E-state index contributed by atoms with van der Waals surface area (Å²) < 4.78 is 26.1. The SMILES string of the molecule is O=C(NCC1=CNNC=C1)[C@@H]1c2ccccc2C(=O)N([C@H]2CCCC[C@@H]2N[SH](=O)=O)[C@H]1c1ccc(Cl)cc1Cl. The van der Waals surface area contributed by atoms with E-state index >= 15 is 0 Å². The molecule has 1 saturated carbocycles. The number of hydrogen-bond donors (Lipinski definition) is 5. The van der Waals surface area contributed by atoms with Crippen LogP contribution >= 0.6 is 23.2 Å². The Balaban J connectivity index is 1.63. The lowest BCUT2D eigenvalue weighted by Gasteiger charge is -2.49. The quantitative estimate of drug-likeness (QED) is 0.316. The summed E-state index contributed by atoms with van der Waals surface area (Å²) in [4.78, 5) is 29.9. The van der Waals surface area contributed by atoms with Crippen LogP contribution in [0, 0.1) is 0 Å². The number of thiol groups is 1. The van der Waals surface area contributed by atoms with E-state index in [0.29, 0.717) is 39.6 Å². The second-order valence-electron chi connectivity index (χ2n) is 9.79. The first-order chi connectivity index (χ1) is 18.8. The Kier molecular flexibility index (Phi) is 8.46. The predicted octanol–water partition coefficient (Wildman–Crippen LogP) is 3.32. The van der Waals surface area contributed by atoms with E-state index in [2.05, 4.69) is 20.9 Å². The molecule has 5 rings (SSSR count). The van der Waals surface area contributed by atoms with E-state index in [1.807, 2.05) is 6.08 Å². The lowest BCUT2D eigenvalue weighted by Crippen LogP contribution is -2.58. The van der Waals surface area contributed by atoms with Crippen molar-refractivity contribution in [1.29, 1.82) is 0 Å². The van der Waals surface area contributed by atoms with Crippen LogP contribution in [0.4, 0.5) is 0 Å². The monoisotopic (exact) mass is 589 g/mol. The number of nitrogens with zero attached hydrogens (tertiary/aromatic N) is 1. The zero-order valence-corrected chi connectivity index (χ0v) is 23.3. The number of carbonyl (C=O) groups excluding carboxylic acids is 2. The van der Waals surface area contributed by atoms with E-state index in [1.54, 1.807) is 59.8 Å². The second-order valence-corrected chi connectivity index (χ2v) is 11.4. The average molecular weight is 591 g/mol. The molecule has 12 heteroatoms. The molecule has 0 unspecified atom stereocenters. The Morgan fingerprint density at radius 1 is 1.05 bits per heavy atom. The smallest absolute Gasteiger partial charge is 0.255 e. The van der Waals surface area contributed by atoms with E-state index in [9.17, 15) is 18.0 Å². The van der Waals surface area contributed by atoms with Crippen LogP contribution in [0.5, 0.6) is 0 Å². The molecule has 9 nitrogen and oxygen atoms in total. The van der Waals surface area contributed by atoms with E-state index in [4.69, 9.17) is 23.2 Å². The first-order valence-corrected chi connectivity index (χ1v) is 14.7. The normalized spacial score (nSPS) is 24.4. The maximum Gasteiger partial charge on any atom is 0.255 e. The predicted molar refractivity (Wildman–Crippen MR) is 151 cm³/mol. The Morgan fingerprint density at radius 3 is 2.59 bits per heavy atom. The maximum atomic E-state index is 14.2. The fourth-order valence-corrected chi connectivity index (χ4v) is 6.88.